The summed E-state index contributed by atoms with van der Waals surface area (Å²) in [6.07, 6.45) is 3.24. The predicted molar refractivity (Wildman–Crippen MR) is 69.3 cm³/mol. The summed E-state index contributed by atoms with van der Waals surface area (Å²) in [5, 5.41) is 11.9. The summed E-state index contributed by atoms with van der Waals surface area (Å²) in [5.74, 6) is 0.0377. The van der Waals surface area contributed by atoms with Crippen LogP contribution in [0, 0.1) is 5.92 Å². The maximum Gasteiger partial charge on any atom is 0.244 e. The van der Waals surface area contributed by atoms with E-state index in [-0.39, 0.29) is 24.5 Å². The van der Waals surface area contributed by atoms with Crippen LogP contribution in [0.1, 0.15) is 19.4 Å². The second kappa shape index (κ2) is 6.86. The predicted octanol–water partition coefficient (Wildman–Crippen LogP) is 1.83. The van der Waals surface area contributed by atoms with Gasteiger partial charge in [-0.15, -0.1) is 0 Å². The maximum absolute atomic E-state index is 11.6. The molecule has 2 N–H and O–H groups in total. The average molecular weight is 233 g/mol. The minimum absolute atomic E-state index is 0.0391. The second-order valence-corrected chi connectivity index (χ2v) is 4.29. The number of carbonyl (C=O) groups excluding carboxylic acids is 1. The van der Waals surface area contributed by atoms with Crippen LogP contribution in [0.15, 0.2) is 36.4 Å². The summed E-state index contributed by atoms with van der Waals surface area (Å²) >= 11 is 0. The van der Waals surface area contributed by atoms with E-state index in [1.54, 1.807) is 6.08 Å². The Morgan fingerprint density at radius 2 is 2.00 bits per heavy atom. The average Bonchev–Trinajstić information content (AvgIpc) is 2.34. The molecule has 0 saturated heterocycles. The number of amides is 1. The van der Waals surface area contributed by atoms with Crippen LogP contribution in [-0.4, -0.2) is 23.7 Å². The normalized spacial score (nSPS) is 12.9. The van der Waals surface area contributed by atoms with Gasteiger partial charge in [-0.3, -0.25) is 4.79 Å². The molecule has 0 spiro atoms. The minimum atomic E-state index is -0.192. The van der Waals surface area contributed by atoms with Gasteiger partial charge in [0.15, 0.2) is 0 Å². The molecule has 0 heterocycles. The molecular formula is C14H19NO2. The Morgan fingerprint density at radius 3 is 2.53 bits per heavy atom. The van der Waals surface area contributed by atoms with Crippen molar-refractivity contribution < 1.29 is 9.90 Å². The smallest absolute Gasteiger partial charge is 0.244 e. The van der Waals surface area contributed by atoms with Gasteiger partial charge in [-0.05, 0) is 17.6 Å². The first-order valence-corrected chi connectivity index (χ1v) is 5.78. The molecule has 1 unspecified atom stereocenters. The molecule has 0 saturated carbocycles. The molecule has 3 heteroatoms. The monoisotopic (exact) mass is 233 g/mol. The van der Waals surface area contributed by atoms with Crippen LogP contribution in [0.3, 0.4) is 0 Å². The Bertz CT molecular complexity index is 371. The quantitative estimate of drug-likeness (QED) is 0.762. The molecule has 3 nitrogen and oxygen atoms in total. The summed E-state index contributed by atoms with van der Waals surface area (Å²) < 4.78 is 0. The number of rotatable bonds is 5. The zero-order valence-electron chi connectivity index (χ0n) is 10.3. The van der Waals surface area contributed by atoms with Gasteiger partial charge in [0.25, 0.3) is 0 Å². The largest absolute Gasteiger partial charge is 0.394 e. The number of benzene rings is 1. The van der Waals surface area contributed by atoms with E-state index in [9.17, 15) is 4.79 Å². The topological polar surface area (TPSA) is 49.3 Å². The molecule has 92 valence electrons. The van der Waals surface area contributed by atoms with Gasteiger partial charge in [0, 0.05) is 6.08 Å². The first-order chi connectivity index (χ1) is 8.13. The van der Waals surface area contributed by atoms with Gasteiger partial charge in [0.05, 0.1) is 12.6 Å². The van der Waals surface area contributed by atoms with Gasteiger partial charge in [0.2, 0.25) is 5.91 Å². The molecule has 0 radical (unpaired) electrons. The fourth-order valence-electron chi connectivity index (χ4n) is 1.39. The van der Waals surface area contributed by atoms with Crippen molar-refractivity contribution in [1.82, 2.24) is 5.32 Å². The molecule has 1 aromatic rings. The number of aliphatic hydroxyl groups is 1. The Balaban J connectivity index is 2.52. The Kier molecular flexibility index (Phi) is 5.43. The maximum atomic E-state index is 11.6. The van der Waals surface area contributed by atoms with E-state index in [4.69, 9.17) is 5.11 Å². The van der Waals surface area contributed by atoms with Crippen LogP contribution in [0.2, 0.25) is 0 Å². The molecular weight excluding hydrogens is 214 g/mol. The molecule has 0 aromatic heterocycles. The van der Waals surface area contributed by atoms with Crippen molar-refractivity contribution in [1.29, 1.82) is 0 Å². The van der Waals surface area contributed by atoms with Gasteiger partial charge >= 0.3 is 0 Å². The van der Waals surface area contributed by atoms with E-state index in [2.05, 4.69) is 5.32 Å². The second-order valence-electron chi connectivity index (χ2n) is 4.29. The fourth-order valence-corrected chi connectivity index (χ4v) is 1.39. The Morgan fingerprint density at radius 1 is 1.35 bits per heavy atom. The molecule has 0 aliphatic heterocycles. The molecule has 1 amide bonds. The summed E-state index contributed by atoms with van der Waals surface area (Å²) in [7, 11) is 0. The van der Waals surface area contributed by atoms with Gasteiger partial charge < -0.3 is 10.4 Å². The third-order valence-electron chi connectivity index (χ3n) is 2.56. The van der Waals surface area contributed by atoms with Crippen molar-refractivity contribution in [3.8, 4) is 0 Å². The van der Waals surface area contributed by atoms with Crippen LogP contribution in [0.25, 0.3) is 6.08 Å². The number of nitrogens with one attached hydrogen (secondary N) is 1. The van der Waals surface area contributed by atoms with E-state index in [0.29, 0.717) is 0 Å². The lowest BCUT2D eigenvalue weighted by atomic mass is 10.1. The summed E-state index contributed by atoms with van der Waals surface area (Å²) in [4.78, 5) is 11.6. The number of hydrogen-bond donors (Lipinski definition) is 2. The van der Waals surface area contributed by atoms with E-state index in [1.165, 1.54) is 6.08 Å². The van der Waals surface area contributed by atoms with Gasteiger partial charge in [0.1, 0.15) is 0 Å². The van der Waals surface area contributed by atoms with Crippen LogP contribution in [0.4, 0.5) is 0 Å². The van der Waals surface area contributed by atoms with E-state index >= 15 is 0 Å². The van der Waals surface area contributed by atoms with Crippen LogP contribution in [-0.2, 0) is 4.79 Å². The first-order valence-electron chi connectivity index (χ1n) is 5.78. The van der Waals surface area contributed by atoms with Crippen LogP contribution < -0.4 is 5.32 Å². The van der Waals surface area contributed by atoms with Crippen LogP contribution in [0.5, 0.6) is 0 Å². The van der Waals surface area contributed by atoms with Crippen molar-refractivity contribution in [3.63, 3.8) is 0 Å². The SMILES string of the molecule is CC(C)C(CO)NC(=O)/C=C/c1ccccc1. The molecule has 1 aromatic carbocycles. The van der Waals surface area contributed by atoms with Crippen molar-refractivity contribution >= 4 is 12.0 Å². The highest BCUT2D eigenvalue weighted by molar-refractivity contribution is 5.91. The molecule has 1 atom stereocenters. The summed E-state index contributed by atoms with van der Waals surface area (Å²) in [5.41, 5.74) is 0.979. The molecule has 0 aliphatic rings. The van der Waals surface area contributed by atoms with E-state index < -0.39 is 0 Å². The van der Waals surface area contributed by atoms with Crippen molar-refractivity contribution in [2.75, 3.05) is 6.61 Å². The highest BCUT2D eigenvalue weighted by atomic mass is 16.3. The zero-order valence-corrected chi connectivity index (χ0v) is 10.3. The third kappa shape index (κ3) is 4.83. The number of hydrogen-bond acceptors (Lipinski definition) is 2. The van der Waals surface area contributed by atoms with Crippen molar-refractivity contribution in [2.24, 2.45) is 5.92 Å². The standard InChI is InChI=1S/C14H19NO2/c1-11(2)13(10-16)15-14(17)9-8-12-6-4-3-5-7-12/h3-9,11,13,16H,10H2,1-2H3,(H,15,17)/b9-8+. The molecule has 0 fully saturated rings. The lowest BCUT2D eigenvalue weighted by molar-refractivity contribution is -0.117. The van der Waals surface area contributed by atoms with Gasteiger partial charge in [-0.25, -0.2) is 0 Å². The highest BCUT2D eigenvalue weighted by Gasteiger charge is 2.12. The highest BCUT2D eigenvalue weighted by Crippen LogP contribution is 2.02. The fraction of sp³-hybridized carbons (Fsp3) is 0.357. The van der Waals surface area contributed by atoms with Crippen molar-refractivity contribution in [2.45, 2.75) is 19.9 Å². The Labute approximate surface area is 102 Å². The summed E-state index contributed by atoms with van der Waals surface area (Å²) in [6, 6.07) is 9.43. The Hall–Kier alpha value is -1.61. The third-order valence-corrected chi connectivity index (χ3v) is 2.56. The lowest BCUT2D eigenvalue weighted by Gasteiger charge is -2.18. The molecule has 0 aliphatic carbocycles. The molecule has 1 rings (SSSR count). The molecule has 17 heavy (non-hydrogen) atoms. The molecule has 0 bridgehead atoms. The summed E-state index contributed by atoms with van der Waals surface area (Å²) in [6.45, 7) is 3.88. The first kappa shape index (κ1) is 13.5. The van der Waals surface area contributed by atoms with Crippen molar-refractivity contribution in [3.05, 3.63) is 42.0 Å². The lowest BCUT2D eigenvalue weighted by Crippen LogP contribution is -2.40. The van der Waals surface area contributed by atoms with Crippen LogP contribution >= 0.6 is 0 Å². The van der Waals surface area contributed by atoms with Gasteiger partial charge in [-0.1, -0.05) is 44.2 Å². The van der Waals surface area contributed by atoms with Gasteiger partial charge in [-0.2, -0.15) is 0 Å². The van der Waals surface area contributed by atoms with E-state index in [1.807, 2.05) is 44.2 Å². The minimum Gasteiger partial charge on any atom is -0.394 e. The number of carbonyl (C=O) groups is 1. The zero-order chi connectivity index (χ0) is 12.7. The number of aliphatic hydroxyl groups excluding tert-OH is 1. The van der Waals surface area contributed by atoms with E-state index in [0.717, 1.165) is 5.56 Å².